The SMILES string of the molecule is Cc1cn(C)c(COc2ccccc2C(F)(F)F)n1. The molecular formula is C13H13F3N2O. The number of hydrogen-bond acceptors (Lipinski definition) is 2. The van der Waals surface area contributed by atoms with Gasteiger partial charge in [0.25, 0.3) is 0 Å². The molecule has 2 aromatic rings. The van der Waals surface area contributed by atoms with Crippen molar-refractivity contribution in [3.63, 3.8) is 0 Å². The van der Waals surface area contributed by atoms with Gasteiger partial charge in [-0.2, -0.15) is 13.2 Å². The van der Waals surface area contributed by atoms with Crippen LogP contribution in [0.3, 0.4) is 0 Å². The maximum atomic E-state index is 12.8. The normalized spacial score (nSPS) is 11.6. The molecule has 3 nitrogen and oxygen atoms in total. The van der Waals surface area contributed by atoms with E-state index < -0.39 is 11.7 Å². The number of aromatic nitrogens is 2. The molecule has 0 amide bonds. The summed E-state index contributed by atoms with van der Waals surface area (Å²) >= 11 is 0. The van der Waals surface area contributed by atoms with Crippen molar-refractivity contribution in [1.29, 1.82) is 0 Å². The molecule has 6 heteroatoms. The molecule has 0 fully saturated rings. The largest absolute Gasteiger partial charge is 0.485 e. The van der Waals surface area contributed by atoms with Gasteiger partial charge < -0.3 is 9.30 Å². The first kappa shape index (κ1) is 13.5. The molecule has 0 aliphatic carbocycles. The Labute approximate surface area is 108 Å². The van der Waals surface area contributed by atoms with Crippen LogP contribution in [0.25, 0.3) is 0 Å². The predicted molar refractivity (Wildman–Crippen MR) is 63.7 cm³/mol. The summed E-state index contributed by atoms with van der Waals surface area (Å²) in [6, 6.07) is 5.15. The fourth-order valence-electron chi connectivity index (χ4n) is 1.77. The van der Waals surface area contributed by atoms with E-state index in [0.717, 1.165) is 11.8 Å². The molecule has 0 atom stereocenters. The van der Waals surface area contributed by atoms with Gasteiger partial charge in [0.2, 0.25) is 0 Å². The molecule has 0 unspecified atom stereocenters. The Balaban J connectivity index is 2.18. The van der Waals surface area contributed by atoms with E-state index >= 15 is 0 Å². The van der Waals surface area contributed by atoms with Crippen molar-refractivity contribution in [2.45, 2.75) is 19.7 Å². The molecule has 1 aromatic carbocycles. The Bertz CT molecular complexity index is 576. The maximum Gasteiger partial charge on any atom is 0.419 e. The fraction of sp³-hybridized carbons (Fsp3) is 0.308. The second-order valence-corrected chi connectivity index (χ2v) is 4.19. The summed E-state index contributed by atoms with van der Waals surface area (Å²) < 4.78 is 45.2. The smallest absolute Gasteiger partial charge is 0.419 e. The number of rotatable bonds is 3. The number of nitrogens with zero attached hydrogens (tertiary/aromatic N) is 2. The van der Waals surface area contributed by atoms with Crippen LogP contribution in [0.2, 0.25) is 0 Å². The standard InChI is InChI=1S/C13H13F3N2O/c1-9-7-18(2)12(17-9)8-19-11-6-4-3-5-10(11)13(14,15)16/h3-7H,8H2,1-2H3. The van der Waals surface area contributed by atoms with E-state index in [1.165, 1.54) is 18.2 Å². The molecule has 0 N–H and O–H groups in total. The van der Waals surface area contributed by atoms with Crippen LogP contribution in [-0.4, -0.2) is 9.55 Å². The first-order valence-electron chi connectivity index (χ1n) is 5.66. The number of imidazole rings is 1. The van der Waals surface area contributed by atoms with Gasteiger partial charge in [-0.25, -0.2) is 4.98 Å². The Morgan fingerprint density at radius 1 is 1.26 bits per heavy atom. The first-order chi connectivity index (χ1) is 8.88. The molecule has 2 rings (SSSR count). The highest BCUT2D eigenvalue weighted by atomic mass is 19.4. The number of aryl methyl sites for hydroxylation is 2. The number of para-hydroxylation sites is 1. The van der Waals surface area contributed by atoms with Crippen LogP contribution < -0.4 is 4.74 Å². The highest BCUT2D eigenvalue weighted by molar-refractivity contribution is 5.35. The minimum Gasteiger partial charge on any atom is -0.485 e. The number of ether oxygens (including phenoxy) is 1. The predicted octanol–water partition coefficient (Wildman–Crippen LogP) is 3.33. The molecule has 0 radical (unpaired) electrons. The van der Waals surface area contributed by atoms with Gasteiger partial charge in [-0.3, -0.25) is 0 Å². The van der Waals surface area contributed by atoms with Crippen LogP contribution in [0.15, 0.2) is 30.5 Å². The third kappa shape index (κ3) is 3.07. The van der Waals surface area contributed by atoms with Gasteiger partial charge >= 0.3 is 6.18 Å². The van der Waals surface area contributed by atoms with Crippen LogP contribution in [0.5, 0.6) is 5.75 Å². The molecule has 19 heavy (non-hydrogen) atoms. The molecule has 0 saturated heterocycles. The van der Waals surface area contributed by atoms with Crippen molar-refractivity contribution in [3.8, 4) is 5.75 Å². The summed E-state index contributed by atoms with van der Waals surface area (Å²) in [4.78, 5) is 4.17. The third-order valence-electron chi connectivity index (χ3n) is 2.64. The summed E-state index contributed by atoms with van der Waals surface area (Å²) in [6.07, 6.45) is -2.64. The van der Waals surface area contributed by atoms with Gasteiger partial charge in [0.15, 0.2) is 0 Å². The lowest BCUT2D eigenvalue weighted by Gasteiger charge is -2.13. The molecule has 1 heterocycles. The lowest BCUT2D eigenvalue weighted by molar-refractivity contribution is -0.139. The average molecular weight is 270 g/mol. The minimum absolute atomic E-state index is 0.00255. The summed E-state index contributed by atoms with van der Waals surface area (Å²) in [6.45, 7) is 1.81. The lowest BCUT2D eigenvalue weighted by atomic mass is 10.2. The van der Waals surface area contributed by atoms with Gasteiger partial charge in [0.1, 0.15) is 18.2 Å². The van der Waals surface area contributed by atoms with Crippen LogP contribution in [0.1, 0.15) is 17.1 Å². The zero-order valence-corrected chi connectivity index (χ0v) is 10.5. The van der Waals surface area contributed by atoms with Crippen molar-refractivity contribution in [1.82, 2.24) is 9.55 Å². The van der Waals surface area contributed by atoms with E-state index in [2.05, 4.69) is 4.98 Å². The summed E-state index contributed by atoms with van der Waals surface area (Å²) in [5.74, 6) is 0.394. The molecule has 0 aliphatic rings. The van der Waals surface area contributed by atoms with Gasteiger partial charge in [0.05, 0.1) is 11.3 Å². The van der Waals surface area contributed by atoms with E-state index in [0.29, 0.717) is 5.82 Å². The maximum absolute atomic E-state index is 12.8. The zero-order valence-electron chi connectivity index (χ0n) is 10.5. The summed E-state index contributed by atoms with van der Waals surface area (Å²) in [7, 11) is 1.77. The van der Waals surface area contributed by atoms with Gasteiger partial charge in [-0.15, -0.1) is 0 Å². The fourth-order valence-corrected chi connectivity index (χ4v) is 1.77. The second-order valence-electron chi connectivity index (χ2n) is 4.19. The quantitative estimate of drug-likeness (QED) is 0.855. The van der Waals surface area contributed by atoms with E-state index in [1.54, 1.807) is 17.8 Å². The number of halogens is 3. The van der Waals surface area contributed by atoms with Crippen LogP contribution in [0, 0.1) is 6.92 Å². The lowest BCUT2D eigenvalue weighted by Crippen LogP contribution is -2.10. The molecule has 102 valence electrons. The Hall–Kier alpha value is -1.98. The Morgan fingerprint density at radius 2 is 1.95 bits per heavy atom. The molecule has 0 bridgehead atoms. The molecule has 0 saturated carbocycles. The Kier molecular flexibility index (Phi) is 3.50. The third-order valence-corrected chi connectivity index (χ3v) is 2.64. The van der Waals surface area contributed by atoms with Crippen molar-refractivity contribution in [2.24, 2.45) is 7.05 Å². The van der Waals surface area contributed by atoms with Crippen LogP contribution in [-0.2, 0) is 19.8 Å². The second kappa shape index (κ2) is 4.95. The van der Waals surface area contributed by atoms with E-state index in [9.17, 15) is 13.2 Å². The topological polar surface area (TPSA) is 27.1 Å². The van der Waals surface area contributed by atoms with Gasteiger partial charge in [-0.05, 0) is 19.1 Å². The van der Waals surface area contributed by atoms with Gasteiger partial charge in [0, 0.05) is 13.2 Å². The first-order valence-corrected chi connectivity index (χ1v) is 5.66. The average Bonchev–Trinajstić information content (AvgIpc) is 2.64. The zero-order chi connectivity index (χ0) is 14.0. The van der Waals surface area contributed by atoms with Crippen LogP contribution in [0.4, 0.5) is 13.2 Å². The molecule has 1 aromatic heterocycles. The monoisotopic (exact) mass is 270 g/mol. The van der Waals surface area contributed by atoms with Crippen molar-refractivity contribution in [3.05, 3.63) is 47.5 Å². The molecule has 0 spiro atoms. The number of hydrogen-bond donors (Lipinski definition) is 0. The van der Waals surface area contributed by atoms with Crippen molar-refractivity contribution in [2.75, 3.05) is 0 Å². The number of alkyl halides is 3. The van der Waals surface area contributed by atoms with Gasteiger partial charge in [-0.1, -0.05) is 12.1 Å². The summed E-state index contributed by atoms with van der Waals surface area (Å²) in [5, 5.41) is 0. The van der Waals surface area contributed by atoms with E-state index in [1.807, 2.05) is 6.92 Å². The van der Waals surface area contributed by atoms with Crippen LogP contribution >= 0.6 is 0 Å². The minimum atomic E-state index is -4.42. The van der Waals surface area contributed by atoms with Crippen molar-refractivity contribution >= 4 is 0 Å². The van der Waals surface area contributed by atoms with E-state index in [4.69, 9.17) is 4.74 Å². The molecule has 0 aliphatic heterocycles. The highest BCUT2D eigenvalue weighted by Crippen LogP contribution is 2.36. The van der Waals surface area contributed by atoms with E-state index in [-0.39, 0.29) is 12.4 Å². The summed E-state index contributed by atoms with van der Waals surface area (Å²) in [5.41, 5.74) is 0.0196. The number of benzene rings is 1. The highest BCUT2D eigenvalue weighted by Gasteiger charge is 2.34. The van der Waals surface area contributed by atoms with Crippen molar-refractivity contribution < 1.29 is 17.9 Å². The Morgan fingerprint density at radius 3 is 2.53 bits per heavy atom. The molecular weight excluding hydrogens is 257 g/mol.